The smallest absolute Gasteiger partial charge is 0.354 e. The van der Waals surface area contributed by atoms with E-state index >= 15 is 0 Å². The van der Waals surface area contributed by atoms with Crippen LogP contribution in [0, 0.1) is 13.8 Å². The second-order valence-electron chi connectivity index (χ2n) is 9.51. The zero-order valence-corrected chi connectivity index (χ0v) is 22.4. The Kier molecular flexibility index (Phi) is 8.48. The Morgan fingerprint density at radius 1 is 0.900 bits per heavy atom. The van der Waals surface area contributed by atoms with Gasteiger partial charge >= 0.3 is 18.4 Å². The van der Waals surface area contributed by atoms with Gasteiger partial charge in [0.25, 0.3) is 0 Å². The average Bonchev–Trinajstić information content (AvgIpc) is 3.12. The van der Waals surface area contributed by atoms with Crippen LogP contribution >= 0.6 is 11.6 Å². The first-order valence-electron chi connectivity index (χ1n) is 12.4. The number of hydrogen-bond donors (Lipinski definition) is 1. The number of nitrogens with one attached hydrogen (secondary N) is 1. The normalized spacial score (nSPS) is 14.7. The molecule has 2 heterocycles. The molecule has 13 heteroatoms. The topological polar surface area (TPSA) is 61.4 Å². The molecule has 0 bridgehead atoms. The molecule has 0 unspecified atom stereocenters. The fourth-order valence-electron chi connectivity index (χ4n) is 4.55. The van der Waals surface area contributed by atoms with Crippen molar-refractivity contribution >= 4 is 29.1 Å². The predicted octanol–water partition coefficient (Wildman–Crippen LogP) is 7.12. The number of carbonyl (C=O) groups excluding carboxylic acids is 1. The van der Waals surface area contributed by atoms with Gasteiger partial charge in [-0.15, -0.1) is 0 Å². The van der Waals surface area contributed by atoms with Gasteiger partial charge in [-0.05, 0) is 56.2 Å². The van der Waals surface area contributed by atoms with Crippen molar-refractivity contribution in [2.75, 3.05) is 36.4 Å². The Morgan fingerprint density at radius 2 is 1.52 bits per heavy atom. The number of amides is 2. The largest absolute Gasteiger partial charge is 0.416 e. The molecule has 1 aliphatic heterocycles. The monoisotopic (exact) mass is 585 g/mol. The standard InChI is InChI=1S/C27H26ClF6N5O/c1-16-23(12-18-4-6-21(28)7-5-18)24(36-17(2)35-16)38-8-3-9-39(11-10-38)25(40)37-22-14-19(26(29,30)31)13-20(15-22)27(32,33)34/h4-7,13-15H,3,8-12H2,1-2H3,(H,37,40). The lowest BCUT2D eigenvalue weighted by Gasteiger charge is -2.26. The summed E-state index contributed by atoms with van der Waals surface area (Å²) in [6.07, 6.45) is -8.97. The fraction of sp³-hybridized carbons (Fsp3) is 0.370. The summed E-state index contributed by atoms with van der Waals surface area (Å²) >= 11 is 6.01. The molecule has 2 aromatic carbocycles. The molecule has 2 amide bonds. The molecule has 0 saturated carbocycles. The van der Waals surface area contributed by atoms with Crippen molar-refractivity contribution in [1.29, 1.82) is 0 Å². The van der Waals surface area contributed by atoms with Crippen LogP contribution in [0.4, 0.5) is 42.6 Å². The van der Waals surface area contributed by atoms with Crippen LogP contribution < -0.4 is 10.2 Å². The second kappa shape index (κ2) is 11.5. The van der Waals surface area contributed by atoms with E-state index in [1.54, 1.807) is 19.1 Å². The van der Waals surface area contributed by atoms with Crippen molar-refractivity contribution in [3.63, 3.8) is 0 Å². The van der Waals surface area contributed by atoms with Crippen LogP contribution in [-0.2, 0) is 18.8 Å². The third-order valence-corrected chi connectivity index (χ3v) is 6.77. The molecule has 40 heavy (non-hydrogen) atoms. The van der Waals surface area contributed by atoms with Gasteiger partial charge in [0.1, 0.15) is 11.6 Å². The molecule has 4 rings (SSSR count). The van der Waals surface area contributed by atoms with Crippen LogP contribution in [0.25, 0.3) is 0 Å². The van der Waals surface area contributed by atoms with Crippen LogP contribution in [0.3, 0.4) is 0 Å². The number of hydrogen-bond acceptors (Lipinski definition) is 4. The van der Waals surface area contributed by atoms with Crippen molar-refractivity contribution in [2.45, 2.75) is 39.0 Å². The number of rotatable bonds is 4. The average molecular weight is 586 g/mol. The molecule has 1 aliphatic rings. The molecule has 1 N–H and O–H groups in total. The highest BCUT2D eigenvalue weighted by molar-refractivity contribution is 6.30. The number of nitrogens with zero attached hydrogens (tertiary/aromatic N) is 4. The Balaban J connectivity index is 1.52. The number of benzene rings is 2. The van der Waals surface area contributed by atoms with E-state index in [2.05, 4.69) is 15.3 Å². The lowest BCUT2D eigenvalue weighted by Crippen LogP contribution is -2.38. The van der Waals surface area contributed by atoms with E-state index < -0.39 is 35.2 Å². The van der Waals surface area contributed by atoms with E-state index in [9.17, 15) is 31.1 Å². The Labute approximate surface area is 232 Å². The summed E-state index contributed by atoms with van der Waals surface area (Å²) in [6, 6.07) is 7.64. The molecule has 6 nitrogen and oxygen atoms in total. The fourth-order valence-corrected chi connectivity index (χ4v) is 4.68. The summed E-state index contributed by atoms with van der Waals surface area (Å²) in [4.78, 5) is 25.5. The minimum absolute atomic E-state index is 0.0206. The maximum atomic E-state index is 13.2. The Bertz CT molecular complexity index is 1350. The van der Waals surface area contributed by atoms with Gasteiger partial charge in [-0.1, -0.05) is 23.7 Å². The second-order valence-corrected chi connectivity index (χ2v) is 9.95. The van der Waals surface area contributed by atoms with Crippen LogP contribution in [-0.4, -0.2) is 47.1 Å². The molecular formula is C27H26ClF6N5O. The lowest BCUT2D eigenvalue weighted by molar-refractivity contribution is -0.143. The van der Waals surface area contributed by atoms with Crippen LogP contribution in [0.15, 0.2) is 42.5 Å². The first-order valence-corrected chi connectivity index (χ1v) is 12.8. The molecule has 0 atom stereocenters. The third-order valence-electron chi connectivity index (χ3n) is 6.52. The van der Waals surface area contributed by atoms with Gasteiger partial charge in [-0.25, -0.2) is 14.8 Å². The summed E-state index contributed by atoms with van der Waals surface area (Å²) in [5, 5.41) is 2.84. The third kappa shape index (κ3) is 7.15. The van der Waals surface area contributed by atoms with Crippen molar-refractivity contribution in [2.24, 2.45) is 0 Å². The number of alkyl halides is 6. The minimum Gasteiger partial charge on any atom is -0.354 e. The summed E-state index contributed by atoms with van der Waals surface area (Å²) in [6.45, 7) is 5.00. The molecule has 0 spiro atoms. The van der Waals surface area contributed by atoms with Crippen molar-refractivity contribution < 1.29 is 31.1 Å². The summed E-state index contributed by atoms with van der Waals surface area (Å²) in [7, 11) is 0. The number of halogens is 7. The van der Waals surface area contributed by atoms with E-state index in [4.69, 9.17) is 11.6 Å². The molecule has 1 fully saturated rings. The van der Waals surface area contributed by atoms with Gasteiger partial charge in [0.05, 0.1) is 11.1 Å². The number of aryl methyl sites for hydroxylation is 2. The van der Waals surface area contributed by atoms with Gasteiger partial charge in [0.2, 0.25) is 0 Å². The molecule has 0 radical (unpaired) electrons. The van der Waals surface area contributed by atoms with Crippen LogP contribution in [0.2, 0.25) is 5.02 Å². The maximum Gasteiger partial charge on any atom is 0.416 e. The van der Waals surface area contributed by atoms with Crippen LogP contribution in [0.1, 0.15) is 40.2 Å². The highest BCUT2D eigenvalue weighted by Crippen LogP contribution is 2.37. The van der Waals surface area contributed by atoms with E-state index in [-0.39, 0.29) is 19.2 Å². The van der Waals surface area contributed by atoms with Crippen molar-refractivity contribution in [3.05, 3.63) is 81.3 Å². The number of carbonyl (C=O) groups is 1. The number of urea groups is 1. The molecule has 1 aromatic heterocycles. The molecule has 214 valence electrons. The van der Waals surface area contributed by atoms with Crippen molar-refractivity contribution in [3.8, 4) is 0 Å². The molecule has 0 aliphatic carbocycles. The highest BCUT2D eigenvalue weighted by Gasteiger charge is 2.37. The Hall–Kier alpha value is -3.54. The lowest BCUT2D eigenvalue weighted by atomic mass is 10.0. The van der Waals surface area contributed by atoms with Gasteiger partial charge < -0.3 is 15.1 Å². The van der Waals surface area contributed by atoms with Gasteiger partial charge in [-0.3, -0.25) is 0 Å². The van der Waals surface area contributed by atoms with Gasteiger partial charge in [0.15, 0.2) is 0 Å². The van der Waals surface area contributed by atoms with Gasteiger partial charge in [-0.2, -0.15) is 26.3 Å². The Morgan fingerprint density at radius 3 is 2.12 bits per heavy atom. The molecule has 1 saturated heterocycles. The first kappa shape index (κ1) is 29.4. The summed E-state index contributed by atoms with van der Waals surface area (Å²) in [5.41, 5.74) is -0.850. The van der Waals surface area contributed by atoms with Crippen LogP contribution in [0.5, 0.6) is 0 Å². The maximum absolute atomic E-state index is 13.2. The summed E-state index contributed by atoms with van der Waals surface area (Å²) < 4.78 is 79.3. The highest BCUT2D eigenvalue weighted by atomic mass is 35.5. The van der Waals surface area contributed by atoms with Gasteiger partial charge in [0, 0.05) is 54.6 Å². The van der Waals surface area contributed by atoms with E-state index in [1.807, 2.05) is 24.0 Å². The van der Waals surface area contributed by atoms with E-state index in [0.717, 1.165) is 22.6 Å². The molecule has 3 aromatic rings. The quantitative estimate of drug-likeness (QED) is 0.331. The predicted molar refractivity (Wildman–Crippen MR) is 140 cm³/mol. The zero-order chi connectivity index (χ0) is 29.2. The molecular weight excluding hydrogens is 560 g/mol. The number of anilines is 2. The van der Waals surface area contributed by atoms with E-state index in [1.165, 1.54) is 4.90 Å². The number of aromatic nitrogens is 2. The van der Waals surface area contributed by atoms with Crippen molar-refractivity contribution in [1.82, 2.24) is 14.9 Å². The minimum atomic E-state index is -5.01. The SMILES string of the molecule is Cc1nc(C)c(Cc2ccc(Cl)cc2)c(N2CCCN(C(=O)Nc3cc(C(F)(F)F)cc(C(F)(F)F)c3)CC2)n1. The van der Waals surface area contributed by atoms with E-state index in [0.29, 0.717) is 48.9 Å². The zero-order valence-electron chi connectivity index (χ0n) is 21.6. The first-order chi connectivity index (χ1) is 18.7. The summed E-state index contributed by atoms with van der Waals surface area (Å²) in [5.74, 6) is 1.30.